The molecule has 0 saturated carbocycles. The summed E-state index contributed by atoms with van der Waals surface area (Å²) in [6.45, 7) is 2.41. The monoisotopic (exact) mass is 285 g/mol. The van der Waals surface area contributed by atoms with E-state index in [-0.39, 0.29) is 5.91 Å². The second-order valence-electron chi connectivity index (χ2n) is 4.76. The lowest BCUT2D eigenvalue weighted by molar-refractivity contribution is 0.102. The number of nitrogen functional groups attached to an aromatic ring is 1. The number of rotatable bonds is 5. The van der Waals surface area contributed by atoms with Crippen molar-refractivity contribution in [2.75, 3.05) is 17.9 Å². The van der Waals surface area contributed by atoms with Gasteiger partial charge in [-0.05, 0) is 48.4 Å². The lowest BCUT2D eigenvalue weighted by atomic mass is 10.1. The van der Waals surface area contributed by atoms with Crippen molar-refractivity contribution in [3.8, 4) is 0 Å². The summed E-state index contributed by atoms with van der Waals surface area (Å²) in [4.78, 5) is 12.2. The zero-order valence-corrected chi connectivity index (χ0v) is 12.1. The van der Waals surface area contributed by atoms with E-state index in [1.807, 2.05) is 31.2 Å². The smallest absolute Gasteiger partial charge is 0.255 e. The highest BCUT2D eigenvalue weighted by Crippen LogP contribution is 2.17. The number of carbonyl (C=O) groups is 1. The van der Waals surface area contributed by atoms with Crippen molar-refractivity contribution in [1.82, 2.24) is 0 Å². The predicted molar refractivity (Wildman–Crippen MR) is 84.1 cm³/mol. The number of hydrazine groups is 1. The van der Waals surface area contributed by atoms with Crippen LogP contribution < -0.4 is 16.6 Å². The van der Waals surface area contributed by atoms with Crippen molar-refractivity contribution >= 4 is 17.3 Å². The van der Waals surface area contributed by atoms with Gasteiger partial charge in [0, 0.05) is 18.4 Å². The Morgan fingerprint density at radius 3 is 2.71 bits per heavy atom. The summed E-state index contributed by atoms with van der Waals surface area (Å²) in [6.07, 6.45) is 0. The number of ether oxygens (including phenoxy) is 1. The second-order valence-corrected chi connectivity index (χ2v) is 4.76. The van der Waals surface area contributed by atoms with Gasteiger partial charge in [-0.15, -0.1) is 0 Å². The maximum Gasteiger partial charge on any atom is 0.255 e. The number of carbonyl (C=O) groups excluding carboxylic acids is 1. The van der Waals surface area contributed by atoms with Crippen LogP contribution in [-0.2, 0) is 11.3 Å². The summed E-state index contributed by atoms with van der Waals surface area (Å²) in [5.74, 6) is 5.23. The van der Waals surface area contributed by atoms with E-state index >= 15 is 0 Å². The van der Waals surface area contributed by atoms with Crippen LogP contribution in [0.5, 0.6) is 0 Å². The first kappa shape index (κ1) is 15.0. The van der Waals surface area contributed by atoms with Crippen LogP contribution in [0.4, 0.5) is 11.4 Å². The van der Waals surface area contributed by atoms with Crippen LogP contribution in [0.3, 0.4) is 0 Å². The molecule has 0 heterocycles. The van der Waals surface area contributed by atoms with Gasteiger partial charge in [0.15, 0.2) is 0 Å². The Morgan fingerprint density at radius 1 is 1.24 bits per heavy atom. The molecule has 0 radical (unpaired) electrons. The van der Waals surface area contributed by atoms with Crippen LogP contribution in [-0.4, -0.2) is 13.0 Å². The molecule has 2 rings (SSSR count). The third-order valence-corrected chi connectivity index (χ3v) is 3.14. The summed E-state index contributed by atoms with van der Waals surface area (Å²) < 4.78 is 5.08. The minimum Gasteiger partial charge on any atom is -0.380 e. The molecule has 0 aromatic heterocycles. The molecular formula is C16H19N3O2. The summed E-state index contributed by atoms with van der Waals surface area (Å²) in [6, 6.07) is 12.9. The van der Waals surface area contributed by atoms with Gasteiger partial charge in [-0.25, -0.2) is 0 Å². The minimum absolute atomic E-state index is 0.156. The Hall–Kier alpha value is -2.37. The van der Waals surface area contributed by atoms with Crippen molar-refractivity contribution in [3.63, 3.8) is 0 Å². The summed E-state index contributed by atoms with van der Waals surface area (Å²) in [5.41, 5.74) is 6.64. The highest BCUT2D eigenvalue weighted by Gasteiger charge is 2.08. The van der Waals surface area contributed by atoms with Crippen LogP contribution in [0.1, 0.15) is 21.5 Å². The molecule has 0 bridgehead atoms. The molecule has 2 aromatic rings. The molecule has 0 spiro atoms. The van der Waals surface area contributed by atoms with Crippen molar-refractivity contribution in [2.24, 2.45) is 5.84 Å². The number of hydrogen-bond donors (Lipinski definition) is 3. The van der Waals surface area contributed by atoms with E-state index < -0.39 is 0 Å². The highest BCUT2D eigenvalue weighted by molar-refractivity contribution is 6.04. The molecule has 0 unspecified atom stereocenters. The third kappa shape index (κ3) is 3.81. The molecule has 4 N–H and O–H groups in total. The fourth-order valence-corrected chi connectivity index (χ4v) is 2.08. The topological polar surface area (TPSA) is 76.4 Å². The van der Waals surface area contributed by atoms with Gasteiger partial charge in [0.05, 0.1) is 12.3 Å². The Balaban J connectivity index is 2.14. The van der Waals surface area contributed by atoms with Crippen molar-refractivity contribution in [1.29, 1.82) is 0 Å². The zero-order valence-electron chi connectivity index (χ0n) is 12.1. The number of amides is 1. The number of benzene rings is 2. The van der Waals surface area contributed by atoms with Crippen molar-refractivity contribution < 1.29 is 9.53 Å². The maximum atomic E-state index is 12.2. The number of methoxy groups -OCH3 is 1. The fourth-order valence-electron chi connectivity index (χ4n) is 2.08. The van der Waals surface area contributed by atoms with Gasteiger partial charge < -0.3 is 15.5 Å². The molecule has 0 fully saturated rings. The van der Waals surface area contributed by atoms with E-state index in [0.717, 1.165) is 22.5 Å². The number of nitrogens with one attached hydrogen (secondary N) is 2. The molecule has 0 aliphatic rings. The van der Waals surface area contributed by atoms with Gasteiger partial charge >= 0.3 is 0 Å². The molecule has 0 saturated heterocycles. The summed E-state index contributed by atoms with van der Waals surface area (Å²) in [7, 11) is 1.64. The van der Waals surface area contributed by atoms with Crippen LogP contribution in [0.2, 0.25) is 0 Å². The van der Waals surface area contributed by atoms with Crippen LogP contribution in [0.25, 0.3) is 0 Å². The van der Waals surface area contributed by atoms with Gasteiger partial charge in [0.1, 0.15) is 0 Å². The van der Waals surface area contributed by atoms with Crippen LogP contribution >= 0.6 is 0 Å². The lowest BCUT2D eigenvalue weighted by Gasteiger charge is -2.09. The third-order valence-electron chi connectivity index (χ3n) is 3.14. The maximum absolute atomic E-state index is 12.2. The first-order chi connectivity index (χ1) is 10.1. The molecule has 0 aliphatic carbocycles. The highest BCUT2D eigenvalue weighted by atomic mass is 16.5. The van der Waals surface area contributed by atoms with Gasteiger partial charge in [-0.1, -0.05) is 12.1 Å². The molecule has 1 amide bonds. The van der Waals surface area contributed by atoms with Gasteiger partial charge in [0.2, 0.25) is 0 Å². The largest absolute Gasteiger partial charge is 0.380 e. The van der Waals surface area contributed by atoms with E-state index in [0.29, 0.717) is 12.2 Å². The molecular weight excluding hydrogens is 266 g/mol. The number of nitrogens with two attached hydrogens (primary N) is 1. The predicted octanol–water partition coefficient (Wildman–Crippen LogP) is 2.68. The van der Waals surface area contributed by atoms with E-state index in [4.69, 9.17) is 10.6 Å². The van der Waals surface area contributed by atoms with Crippen LogP contribution in [0, 0.1) is 6.92 Å². The van der Waals surface area contributed by atoms with E-state index in [2.05, 4.69) is 10.7 Å². The number of hydrogen-bond acceptors (Lipinski definition) is 4. The Labute approximate surface area is 124 Å². The van der Waals surface area contributed by atoms with Gasteiger partial charge in [0.25, 0.3) is 5.91 Å². The van der Waals surface area contributed by atoms with E-state index in [1.165, 1.54) is 0 Å². The minimum atomic E-state index is -0.156. The first-order valence-electron chi connectivity index (χ1n) is 6.60. The molecule has 21 heavy (non-hydrogen) atoms. The van der Waals surface area contributed by atoms with Gasteiger partial charge in [-0.2, -0.15) is 0 Å². The van der Waals surface area contributed by atoms with Crippen LogP contribution in [0.15, 0.2) is 42.5 Å². The second kappa shape index (κ2) is 6.88. The molecule has 5 nitrogen and oxygen atoms in total. The molecule has 2 aromatic carbocycles. The molecule has 0 atom stereocenters. The fraction of sp³-hybridized carbons (Fsp3) is 0.188. The van der Waals surface area contributed by atoms with Crippen molar-refractivity contribution in [3.05, 3.63) is 59.2 Å². The summed E-state index contributed by atoms with van der Waals surface area (Å²) in [5, 5.41) is 2.88. The van der Waals surface area contributed by atoms with E-state index in [1.54, 1.807) is 25.3 Å². The quantitative estimate of drug-likeness (QED) is 0.583. The molecule has 0 aliphatic heterocycles. The molecule has 110 valence electrons. The zero-order chi connectivity index (χ0) is 15.2. The average molecular weight is 285 g/mol. The van der Waals surface area contributed by atoms with Crippen molar-refractivity contribution in [2.45, 2.75) is 13.5 Å². The average Bonchev–Trinajstić information content (AvgIpc) is 2.48. The Bertz CT molecular complexity index is 641. The lowest BCUT2D eigenvalue weighted by Crippen LogP contribution is -2.13. The number of anilines is 2. The summed E-state index contributed by atoms with van der Waals surface area (Å²) >= 11 is 0. The first-order valence-corrected chi connectivity index (χ1v) is 6.60. The molecule has 5 heteroatoms. The standard InChI is InChI=1S/C16H19N3O2/c1-11-8-13(6-7-15(11)19-17)16(20)18-14-5-3-4-12(9-14)10-21-2/h3-9,19H,10,17H2,1-2H3,(H,18,20). The SMILES string of the molecule is COCc1cccc(NC(=O)c2ccc(NN)c(C)c2)c1. The normalized spacial score (nSPS) is 10.2. The van der Waals surface area contributed by atoms with E-state index in [9.17, 15) is 4.79 Å². The Kier molecular flexibility index (Phi) is 4.92. The van der Waals surface area contributed by atoms with Gasteiger partial charge in [-0.3, -0.25) is 10.6 Å². The Morgan fingerprint density at radius 2 is 2.05 bits per heavy atom. The number of aryl methyl sites for hydroxylation is 1.